The molecular weight excluding hydrogens is 164 g/mol. The molecule has 2 heteroatoms. The molecule has 0 aromatic heterocycles. The van der Waals surface area contributed by atoms with Crippen LogP contribution >= 0.6 is 0 Å². The van der Waals surface area contributed by atoms with Gasteiger partial charge in [0.1, 0.15) is 0 Å². The standard InChI is InChI=1S/C11H18O2/c1-2-3-4-5-6-7-8-9-10-11(12)13/h3-4,7-8H,2,5-6,9-10H2,1H3,(H,12,13)/b4-3+,8-7-. The molecule has 0 rings (SSSR count). The summed E-state index contributed by atoms with van der Waals surface area (Å²) in [6.45, 7) is 2.11. The smallest absolute Gasteiger partial charge is 0.303 e. The average Bonchev–Trinajstić information content (AvgIpc) is 2.09. The molecule has 0 aliphatic carbocycles. The van der Waals surface area contributed by atoms with Crippen molar-refractivity contribution >= 4 is 5.97 Å². The Hall–Kier alpha value is -1.05. The van der Waals surface area contributed by atoms with Crippen LogP contribution in [0.3, 0.4) is 0 Å². The fourth-order valence-electron chi connectivity index (χ4n) is 0.919. The highest BCUT2D eigenvalue weighted by Gasteiger charge is 1.90. The number of carboxylic acid groups (broad SMARTS) is 1. The van der Waals surface area contributed by atoms with Crippen LogP contribution in [-0.4, -0.2) is 11.1 Å². The van der Waals surface area contributed by atoms with Crippen LogP contribution in [0, 0.1) is 0 Å². The number of carboxylic acids is 1. The molecule has 13 heavy (non-hydrogen) atoms. The third kappa shape index (κ3) is 10.9. The van der Waals surface area contributed by atoms with Crippen molar-refractivity contribution in [1.82, 2.24) is 0 Å². The van der Waals surface area contributed by atoms with Crippen molar-refractivity contribution in [2.45, 2.75) is 39.0 Å². The molecule has 0 heterocycles. The molecule has 0 aliphatic rings. The highest BCUT2D eigenvalue weighted by Crippen LogP contribution is 1.97. The van der Waals surface area contributed by atoms with Crippen LogP contribution in [0.5, 0.6) is 0 Å². The maximum atomic E-state index is 10.1. The number of unbranched alkanes of at least 4 members (excludes halogenated alkanes) is 1. The molecule has 0 saturated carbocycles. The Morgan fingerprint density at radius 2 is 1.62 bits per heavy atom. The molecule has 0 aromatic carbocycles. The topological polar surface area (TPSA) is 37.3 Å². The number of hydrogen-bond donors (Lipinski definition) is 1. The number of allylic oxidation sites excluding steroid dienone is 4. The molecule has 0 bridgehead atoms. The Morgan fingerprint density at radius 1 is 1.08 bits per heavy atom. The normalized spacial score (nSPS) is 11.5. The van der Waals surface area contributed by atoms with Crippen molar-refractivity contribution in [1.29, 1.82) is 0 Å². The van der Waals surface area contributed by atoms with Gasteiger partial charge in [-0.15, -0.1) is 0 Å². The first-order valence-electron chi connectivity index (χ1n) is 4.79. The van der Waals surface area contributed by atoms with Crippen molar-refractivity contribution in [2.24, 2.45) is 0 Å². The van der Waals surface area contributed by atoms with Crippen LogP contribution < -0.4 is 0 Å². The molecule has 0 spiro atoms. The third-order valence-corrected chi connectivity index (χ3v) is 1.59. The van der Waals surface area contributed by atoms with E-state index in [4.69, 9.17) is 5.11 Å². The van der Waals surface area contributed by atoms with E-state index < -0.39 is 5.97 Å². The molecule has 0 radical (unpaired) electrons. The van der Waals surface area contributed by atoms with Gasteiger partial charge in [-0.2, -0.15) is 0 Å². The summed E-state index contributed by atoms with van der Waals surface area (Å²) < 4.78 is 0. The SMILES string of the molecule is CC/C=C/CC/C=C\CCC(=O)O. The lowest BCUT2D eigenvalue weighted by atomic mass is 10.2. The highest BCUT2D eigenvalue weighted by molar-refractivity contribution is 5.66. The average molecular weight is 182 g/mol. The van der Waals surface area contributed by atoms with Crippen LogP contribution in [0.1, 0.15) is 39.0 Å². The van der Waals surface area contributed by atoms with E-state index in [9.17, 15) is 4.79 Å². The van der Waals surface area contributed by atoms with Gasteiger partial charge in [-0.25, -0.2) is 0 Å². The first-order chi connectivity index (χ1) is 6.27. The van der Waals surface area contributed by atoms with Crippen molar-refractivity contribution in [2.75, 3.05) is 0 Å². The number of rotatable bonds is 7. The second-order valence-electron chi connectivity index (χ2n) is 2.86. The second-order valence-corrected chi connectivity index (χ2v) is 2.86. The lowest BCUT2D eigenvalue weighted by molar-refractivity contribution is -0.136. The Bertz CT molecular complexity index is 181. The maximum Gasteiger partial charge on any atom is 0.303 e. The van der Waals surface area contributed by atoms with E-state index in [2.05, 4.69) is 19.1 Å². The fraction of sp³-hybridized carbons (Fsp3) is 0.545. The van der Waals surface area contributed by atoms with Gasteiger partial charge in [0, 0.05) is 6.42 Å². The van der Waals surface area contributed by atoms with E-state index in [0.717, 1.165) is 19.3 Å². The van der Waals surface area contributed by atoms with Gasteiger partial charge in [0.2, 0.25) is 0 Å². The largest absolute Gasteiger partial charge is 0.481 e. The summed E-state index contributed by atoms with van der Waals surface area (Å²) in [7, 11) is 0. The molecule has 0 atom stereocenters. The Morgan fingerprint density at radius 3 is 2.15 bits per heavy atom. The fourth-order valence-corrected chi connectivity index (χ4v) is 0.919. The molecule has 2 nitrogen and oxygen atoms in total. The third-order valence-electron chi connectivity index (χ3n) is 1.59. The molecule has 0 aromatic rings. The second kappa shape index (κ2) is 9.04. The van der Waals surface area contributed by atoms with Crippen molar-refractivity contribution in [3.8, 4) is 0 Å². The van der Waals surface area contributed by atoms with E-state index >= 15 is 0 Å². The summed E-state index contributed by atoms with van der Waals surface area (Å²) in [5, 5.41) is 8.34. The molecule has 0 aliphatic heterocycles. The molecular formula is C11H18O2. The first kappa shape index (κ1) is 11.9. The van der Waals surface area contributed by atoms with Crippen molar-refractivity contribution in [3.63, 3.8) is 0 Å². The zero-order valence-electron chi connectivity index (χ0n) is 8.20. The lowest BCUT2D eigenvalue weighted by Gasteiger charge is -1.88. The summed E-state index contributed by atoms with van der Waals surface area (Å²) >= 11 is 0. The van der Waals surface area contributed by atoms with Gasteiger partial charge in [-0.1, -0.05) is 31.2 Å². The van der Waals surface area contributed by atoms with Crippen LogP contribution in [0.4, 0.5) is 0 Å². The summed E-state index contributed by atoms with van der Waals surface area (Å²) in [4.78, 5) is 10.1. The summed E-state index contributed by atoms with van der Waals surface area (Å²) in [5.74, 6) is -0.726. The van der Waals surface area contributed by atoms with Gasteiger partial charge in [0.15, 0.2) is 0 Å². The van der Waals surface area contributed by atoms with E-state index in [1.807, 2.05) is 12.2 Å². The highest BCUT2D eigenvalue weighted by atomic mass is 16.4. The van der Waals surface area contributed by atoms with Gasteiger partial charge >= 0.3 is 5.97 Å². The van der Waals surface area contributed by atoms with Crippen LogP contribution in [0.15, 0.2) is 24.3 Å². The van der Waals surface area contributed by atoms with Gasteiger partial charge in [0.05, 0.1) is 0 Å². The van der Waals surface area contributed by atoms with E-state index in [0.29, 0.717) is 6.42 Å². The van der Waals surface area contributed by atoms with Crippen LogP contribution in [-0.2, 0) is 4.79 Å². The van der Waals surface area contributed by atoms with Crippen molar-refractivity contribution < 1.29 is 9.90 Å². The zero-order chi connectivity index (χ0) is 9.94. The molecule has 0 amide bonds. The molecule has 0 fully saturated rings. The van der Waals surface area contributed by atoms with Gasteiger partial charge in [-0.3, -0.25) is 4.79 Å². The molecule has 0 unspecified atom stereocenters. The Kier molecular flexibility index (Phi) is 8.31. The summed E-state index contributed by atoms with van der Waals surface area (Å²) in [5.41, 5.74) is 0. The number of aliphatic carboxylic acids is 1. The minimum atomic E-state index is -0.726. The van der Waals surface area contributed by atoms with Gasteiger partial charge in [-0.05, 0) is 25.7 Å². The van der Waals surface area contributed by atoms with E-state index in [1.165, 1.54) is 0 Å². The van der Waals surface area contributed by atoms with Crippen LogP contribution in [0.2, 0.25) is 0 Å². The predicted molar refractivity (Wildman–Crippen MR) is 54.7 cm³/mol. The summed E-state index contributed by atoms with van der Waals surface area (Å²) in [6.07, 6.45) is 12.3. The first-order valence-corrected chi connectivity index (χ1v) is 4.79. The van der Waals surface area contributed by atoms with Crippen LogP contribution in [0.25, 0.3) is 0 Å². The molecule has 1 N–H and O–H groups in total. The van der Waals surface area contributed by atoms with Gasteiger partial charge in [0.25, 0.3) is 0 Å². The van der Waals surface area contributed by atoms with Gasteiger partial charge < -0.3 is 5.11 Å². The minimum Gasteiger partial charge on any atom is -0.481 e. The maximum absolute atomic E-state index is 10.1. The molecule has 0 saturated heterocycles. The Balaban J connectivity index is 3.22. The predicted octanol–water partition coefficient (Wildman–Crippen LogP) is 3.15. The summed E-state index contributed by atoms with van der Waals surface area (Å²) in [6, 6.07) is 0. The monoisotopic (exact) mass is 182 g/mol. The number of hydrogen-bond acceptors (Lipinski definition) is 1. The van der Waals surface area contributed by atoms with E-state index in [-0.39, 0.29) is 6.42 Å². The zero-order valence-corrected chi connectivity index (χ0v) is 8.20. The Labute approximate surface area is 80.0 Å². The quantitative estimate of drug-likeness (QED) is 0.485. The minimum absolute atomic E-state index is 0.237. The lowest BCUT2D eigenvalue weighted by Crippen LogP contribution is -1.91. The molecule has 74 valence electrons. The van der Waals surface area contributed by atoms with E-state index in [1.54, 1.807) is 0 Å². The van der Waals surface area contributed by atoms with Crippen molar-refractivity contribution in [3.05, 3.63) is 24.3 Å². The number of carbonyl (C=O) groups is 1.